The van der Waals surface area contributed by atoms with E-state index < -0.39 is 15.1 Å². The first-order chi connectivity index (χ1) is 13.8. The van der Waals surface area contributed by atoms with E-state index in [1.54, 1.807) is 18.2 Å². The predicted octanol–water partition coefficient (Wildman–Crippen LogP) is 4.43. The third kappa shape index (κ3) is 4.54. The van der Waals surface area contributed by atoms with Crippen molar-refractivity contribution in [2.24, 2.45) is 5.92 Å². The molecule has 0 saturated heterocycles. The summed E-state index contributed by atoms with van der Waals surface area (Å²) in [4.78, 5) is 9.19. The van der Waals surface area contributed by atoms with E-state index in [0.29, 0.717) is 29.3 Å². The SMILES string of the molecule is Cc1ccc(S(=O)(=O)C(C#N)c2nc3ccccc3nc2NCCC(C)C)cc1. The van der Waals surface area contributed by atoms with Gasteiger partial charge in [-0.3, -0.25) is 0 Å². The summed E-state index contributed by atoms with van der Waals surface area (Å²) >= 11 is 0. The van der Waals surface area contributed by atoms with E-state index in [9.17, 15) is 13.7 Å². The Morgan fingerprint density at radius 2 is 1.66 bits per heavy atom. The number of sulfone groups is 1. The quantitative estimate of drug-likeness (QED) is 0.621. The van der Waals surface area contributed by atoms with Crippen LogP contribution in [0.4, 0.5) is 5.82 Å². The fourth-order valence-electron chi connectivity index (χ4n) is 2.95. The molecule has 7 heteroatoms. The number of anilines is 1. The van der Waals surface area contributed by atoms with E-state index in [1.807, 2.05) is 31.2 Å². The van der Waals surface area contributed by atoms with Gasteiger partial charge in [0.2, 0.25) is 9.84 Å². The molecule has 0 radical (unpaired) electrons. The Morgan fingerprint density at radius 1 is 1.03 bits per heavy atom. The highest BCUT2D eigenvalue weighted by Gasteiger charge is 2.33. The highest BCUT2D eigenvalue weighted by Crippen LogP contribution is 2.32. The lowest BCUT2D eigenvalue weighted by Crippen LogP contribution is -2.18. The van der Waals surface area contributed by atoms with Crippen molar-refractivity contribution in [3.05, 3.63) is 59.8 Å². The molecule has 0 amide bonds. The number of nitriles is 1. The van der Waals surface area contributed by atoms with Gasteiger partial charge in [-0.2, -0.15) is 5.26 Å². The van der Waals surface area contributed by atoms with Crippen molar-refractivity contribution in [1.29, 1.82) is 5.26 Å². The van der Waals surface area contributed by atoms with Gasteiger partial charge in [0.1, 0.15) is 5.69 Å². The first-order valence-electron chi connectivity index (χ1n) is 9.53. The third-order valence-electron chi connectivity index (χ3n) is 4.64. The molecule has 1 heterocycles. The second kappa shape index (κ2) is 8.58. The maximum Gasteiger partial charge on any atom is 0.200 e. The van der Waals surface area contributed by atoms with Crippen molar-refractivity contribution < 1.29 is 8.42 Å². The predicted molar refractivity (Wildman–Crippen MR) is 114 cm³/mol. The van der Waals surface area contributed by atoms with Gasteiger partial charge in [-0.25, -0.2) is 18.4 Å². The van der Waals surface area contributed by atoms with Crippen LogP contribution in [-0.2, 0) is 9.84 Å². The van der Waals surface area contributed by atoms with Crippen molar-refractivity contribution in [2.45, 2.75) is 37.3 Å². The summed E-state index contributed by atoms with van der Waals surface area (Å²) in [5.74, 6) is 0.814. The average Bonchev–Trinajstić information content (AvgIpc) is 2.68. The summed E-state index contributed by atoms with van der Waals surface area (Å²) in [5.41, 5.74) is 2.28. The summed E-state index contributed by atoms with van der Waals surface area (Å²) in [6, 6.07) is 15.7. The number of aromatic nitrogens is 2. The van der Waals surface area contributed by atoms with Crippen molar-refractivity contribution >= 4 is 26.7 Å². The molecule has 150 valence electrons. The molecule has 0 aliphatic carbocycles. The lowest BCUT2D eigenvalue weighted by molar-refractivity contribution is 0.589. The fraction of sp³-hybridized carbons (Fsp3) is 0.318. The van der Waals surface area contributed by atoms with Crippen LogP contribution in [0.1, 0.15) is 36.8 Å². The molecule has 0 aliphatic rings. The van der Waals surface area contributed by atoms with Gasteiger partial charge < -0.3 is 5.32 Å². The van der Waals surface area contributed by atoms with Crippen molar-refractivity contribution in [3.63, 3.8) is 0 Å². The Hall–Kier alpha value is -2.98. The fourth-order valence-corrected chi connectivity index (χ4v) is 4.33. The molecular weight excluding hydrogens is 384 g/mol. The largest absolute Gasteiger partial charge is 0.368 e. The molecule has 1 unspecified atom stereocenters. The highest BCUT2D eigenvalue weighted by atomic mass is 32.2. The Morgan fingerprint density at radius 3 is 2.24 bits per heavy atom. The first kappa shape index (κ1) is 20.7. The maximum absolute atomic E-state index is 13.2. The zero-order chi connectivity index (χ0) is 21.0. The smallest absolute Gasteiger partial charge is 0.200 e. The lowest BCUT2D eigenvalue weighted by Gasteiger charge is -2.16. The Balaban J connectivity index is 2.11. The summed E-state index contributed by atoms with van der Waals surface area (Å²) in [5, 5.41) is 11.6. The monoisotopic (exact) mass is 408 g/mol. The molecule has 0 aliphatic heterocycles. The van der Waals surface area contributed by atoms with E-state index >= 15 is 0 Å². The molecule has 2 aromatic carbocycles. The van der Waals surface area contributed by atoms with Crippen LogP contribution in [0.5, 0.6) is 0 Å². The molecule has 0 saturated carbocycles. The molecule has 3 aromatic rings. The number of hydrogen-bond acceptors (Lipinski definition) is 6. The van der Waals surface area contributed by atoms with Crippen LogP contribution in [0.2, 0.25) is 0 Å². The van der Waals surface area contributed by atoms with Gasteiger partial charge in [0.25, 0.3) is 0 Å². The molecule has 1 aromatic heterocycles. The zero-order valence-corrected chi connectivity index (χ0v) is 17.6. The van der Waals surface area contributed by atoms with Crippen LogP contribution in [0.15, 0.2) is 53.4 Å². The number of nitrogens with zero attached hydrogens (tertiary/aromatic N) is 3. The molecule has 1 N–H and O–H groups in total. The summed E-state index contributed by atoms with van der Waals surface area (Å²) in [6.07, 6.45) is 0.885. The number of para-hydroxylation sites is 2. The van der Waals surface area contributed by atoms with Gasteiger partial charge in [0, 0.05) is 6.54 Å². The van der Waals surface area contributed by atoms with Gasteiger partial charge in [-0.05, 0) is 43.5 Å². The van der Waals surface area contributed by atoms with Crippen molar-refractivity contribution in [1.82, 2.24) is 9.97 Å². The number of benzene rings is 2. The minimum atomic E-state index is -3.96. The number of aryl methyl sites for hydroxylation is 1. The molecule has 0 spiro atoms. The minimum absolute atomic E-state index is 0.0951. The minimum Gasteiger partial charge on any atom is -0.368 e. The number of rotatable bonds is 7. The molecule has 0 fully saturated rings. The van der Waals surface area contributed by atoms with Gasteiger partial charge >= 0.3 is 0 Å². The Labute approximate surface area is 171 Å². The molecular formula is C22H24N4O2S. The third-order valence-corrected chi connectivity index (χ3v) is 6.52. The van der Waals surface area contributed by atoms with E-state index in [0.717, 1.165) is 12.0 Å². The zero-order valence-electron chi connectivity index (χ0n) is 16.8. The van der Waals surface area contributed by atoms with Gasteiger partial charge in [-0.15, -0.1) is 0 Å². The van der Waals surface area contributed by atoms with Gasteiger partial charge in [-0.1, -0.05) is 43.7 Å². The van der Waals surface area contributed by atoms with E-state index in [1.165, 1.54) is 12.1 Å². The average molecular weight is 409 g/mol. The molecule has 29 heavy (non-hydrogen) atoms. The van der Waals surface area contributed by atoms with E-state index in [2.05, 4.69) is 29.1 Å². The van der Waals surface area contributed by atoms with Crippen LogP contribution in [-0.4, -0.2) is 24.9 Å². The molecule has 6 nitrogen and oxygen atoms in total. The first-order valence-corrected chi connectivity index (χ1v) is 11.1. The van der Waals surface area contributed by atoms with Crippen LogP contribution >= 0.6 is 0 Å². The van der Waals surface area contributed by atoms with Gasteiger partial charge in [0.05, 0.1) is 22.0 Å². The highest BCUT2D eigenvalue weighted by molar-refractivity contribution is 7.92. The lowest BCUT2D eigenvalue weighted by atomic mass is 10.1. The second-order valence-corrected chi connectivity index (χ2v) is 9.46. The van der Waals surface area contributed by atoms with Gasteiger partial charge in [0.15, 0.2) is 11.1 Å². The molecule has 3 rings (SSSR count). The van der Waals surface area contributed by atoms with E-state index in [4.69, 9.17) is 0 Å². The number of nitrogens with one attached hydrogen (secondary N) is 1. The summed E-state index contributed by atoms with van der Waals surface area (Å²) < 4.78 is 26.5. The standard InChI is InChI=1S/C22H24N4O2S/c1-15(2)12-13-24-22-21(25-18-6-4-5-7-19(18)26-22)20(14-23)29(27,28)17-10-8-16(3)9-11-17/h4-11,15,20H,12-13H2,1-3H3,(H,24,26). The molecule has 0 bridgehead atoms. The second-order valence-electron chi connectivity index (χ2n) is 7.42. The van der Waals surface area contributed by atoms with Crippen LogP contribution < -0.4 is 5.32 Å². The maximum atomic E-state index is 13.2. The summed E-state index contributed by atoms with van der Waals surface area (Å²) in [6.45, 7) is 6.70. The topological polar surface area (TPSA) is 95.7 Å². The van der Waals surface area contributed by atoms with Crippen molar-refractivity contribution in [3.8, 4) is 6.07 Å². The number of fused-ring (bicyclic) bond motifs is 1. The normalized spacial score (nSPS) is 12.7. The number of hydrogen-bond donors (Lipinski definition) is 1. The van der Waals surface area contributed by atoms with Crippen LogP contribution in [0.25, 0.3) is 11.0 Å². The van der Waals surface area contributed by atoms with E-state index in [-0.39, 0.29) is 10.6 Å². The summed E-state index contributed by atoms with van der Waals surface area (Å²) in [7, 11) is -3.96. The van der Waals surface area contributed by atoms with Crippen molar-refractivity contribution in [2.75, 3.05) is 11.9 Å². The Kier molecular flexibility index (Phi) is 6.14. The Bertz CT molecular complexity index is 1150. The molecule has 1 atom stereocenters. The van der Waals surface area contributed by atoms with Crippen LogP contribution in [0, 0.1) is 24.2 Å². The van der Waals surface area contributed by atoms with Crippen LogP contribution in [0.3, 0.4) is 0 Å².